The molecule has 8 nitrogen and oxygen atoms in total. The first-order valence-electron chi connectivity index (χ1n) is 5.85. The zero-order chi connectivity index (χ0) is 16.2. The van der Waals surface area contributed by atoms with Crippen molar-refractivity contribution >= 4 is 17.3 Å². The molecule has 0 amide bonds. The van der Waals surface area contributed by atoms with Gasteiger partial charge in [-0.3, -0.25) is 10.1 Å². The lowest BCUT2D eigenvalue weighted by atomic mass is 10.1. The third-order valence-corrected chi connectivity index (χ3v) is 2.69. The molecule has 1 unspecified atom stereocenters. The molecule has 0 aromatic heterocycles. The van der Waals surface area contributed by atoms with Crippen molar-refractivity contribution in [2.45, 2.75) is 12.5 Å². The number of nitro benzene ring substituents is 1. The molecule has 0 aliphatic rings. The van der Waals surface area contributed by atoms with Crippen molar-refractivity contribution in [3.8, 4) is 0 Å². The largest absolute Gasteiger partial charge is 0.465 e. The molecule has 21 heavy (non-hydrogen) atoms. The number of nitrogens with zero attached hydrogens (tertiary/aromatic N) is 1. The predicted molar refractivity (Wildman–Crippen MR) is 70.6 cm³/mol. The highest BCUT2D eigenvalue weighted by molar-refractivity contribution is 5.91. The van der Waals surface area contributed by atoms with Crippen molar-refractivity contribution in [2.75, 3.05) is 25.6 Å². The van der Waals surface area contributed by atoms with Crippen LogP contribution in [0.25, 0.3) is 0 Å². The summed E-state index contributed by atoms with van der Waals surface area (Å²) in [4.78, 5) is 21.4. The first kappa shape index (κ1) is 16.8. The zero-order valence-corrected chi connectivity index (χ0v) is 11.4. The topological polar surface area (TPSA) is 122 Å². The number of methoxy groups -OCH3 is 1. The van der Waals surface area contributed by atoms with Crippen molar-refractivity contribution in [1.29, 1.82) is 0 Å². The minimum atomic E-state index is -1.53. The minimum Gasteiger partial charge on any atom is -0.465 e. The second-order valence-electron chi connectivity index (χ2n) is 4.61. The van der Waals surface area contributed by atoms with Crippen LogP contribution in [0.15, 0.2) is 12.1 Å². The van der Waals surface area contributed by atoms with E-state index in [2.05, 4.69) is 10.1 Å². The molecule has 3 N–H and O–H groups in total. The summed E-state index contributed by atoms with van der Waals surface area (Å²) >= 11 is 0. The highest BCUT2D eigenvalue weighted by Crippen LogP contribution is 2.28. The Hall–Kier alpha value is -2.26. The molecule has 0 heterocycles. The Kier molecular flexibility index (Phi) is 5.17. The summed E-state index contributed by atoms with van der Waals surface area (Å²) in [6.07, 6.45) is 0. The molecule has 116 valence electrons. The van der Waals surface area contributed by atoms with Gasteiger partial charge in [0.1, 0.15) is 17.1 Å². The van der Waals surface area contributed by atoms with Gasteiger partial charge in [0.2, 0.25) is 0 Å². The molecule has 1 rings (SSSR count). The lowest BCUT2D eigenvalue weighted by Gasteiger charge is -2.21. The SMILES string of the molecule is COC(=O)c1cc(NCC(C)(O)CO)c([N+](=O)[O-])cc1F. The van der Waals surface area contributed by atoms with Crippen LogP contribution >= 0.6 is 0 Å². The van der Waals surface area contributed by atoms with Gasteiger partial charge in [0.05, 0.1) is 30.3 Å². The second kappa shape index (κ2) is 6.46. The molecular weight excluding hydrogens is 287 g/mol. The third-order valence-electron chi connectivity index (χ3n) is 2.69. The summed E-state index contributed by atoms with van der Waals surface area (Å²) < 4.78 is 18.0. The summed E-state index contributed by atoms with van der Waals surface area (Å²) in [5.74, 6) is -2.08. The van der Waals surface area contributed by atoms with Crippen LogP contribution in [0.2, 0.25) is 0 Å². The summed E-state index contributed by atoms with van der Waals surface area (Å²) in [7, 11) is 1.05. The Labute approximate surface area is 119 Å². The first-order chi connectivity index (χ1) is 9.71. The van der Waals surface area contributed by atoms with Gasteiger partial charge < -0.3 is 20.3 Å². The van der Waals surface area contributed by atoms with E-state index in [0.717, 1.165) is 13.2 Å². The molecule has 0 bridgehead atoms. The minimum absolute atomic E-state index is 0.171. The number of anilines is 1. The second-order valence-corrected chi connectivity index (χ2v) is 4.61. The summed E-state index contributed by atoms with van der Waals surface area (Å²) in [6.45, 7) is 0.478. The molecule has 0 radical (unpaired) electrons. The van der Waals surface area contributed by atoms with Gasteiger partial charge in [0.25, 0.3) is 5.69 Å². The maximum atomic E-state index is 13.6. The Morgan fingerprint density at radius 2 is 2.19 bits per heavy atom. The van der Waals surface area contributed by atoms with E-state index in [4.69, 9.17) is 5.11 Å². The standard InChI is InChI=1S/C12H15FN2O6/c1-12(18,6-16)5-14-9-3-7(11(17)21-2)8(13)4-10(9)15(19)20/h3-4,14,16,18H,5-6H2,1-2H3. The maximum absolute atomic E-state index is 13.6. The molecule has 0 saturated heterocycles. The van der Waals surface area contributed by atoms with E-state index < -0.39 is 40.2 Å². The van der Waals surface area contributed by atoms with Crippen LogP contribution in [0.5, 0.6) is 0 Å². The molecule has 1 aromatic rings. The van der Waals surface area contributed by atoms with Gasteiger partial charge >= 0.3 is 5.97 Å². The summed E-state index contributed by atoms with van der Waals surface area (Å²) in [6, 6.07) is 1.51. The van der Waals surface area contributed by atoms with Gasteiger partial charge in [0, 0.05) is 6.54 Å². The van der Waals surface area contributed by atoms with Gasteiger partial charge in [-0.05, 0) is 13.0 Å². The molecule has 0 aliphatic heterocycles. The van der Waals surface area contributed by atoms with E-state index >= 15 is 0 Å². The number of carbonyl (C=O) groups is 1. The highest BCUT2D eigenvalue weighted by atomic mass is 19.1. The number of aliphatic hydroxyl groups is 2. The molecule has 0 aliphatic carbocycles. The molecule has 0 spiro atoms. The van der Waals surface area contributed by atoms with Crippen molar-refractivity contribution in [1.82, 2.24) is 0 Å². The number of ether oxygens (including phenoxy) is 1. The van der Waals surface area contributed by atoms with Crippen LogP contribution in [0.4, 0.5) is 15.8 Å². The number of hydrogen-bond acceptors (Lipinski definition) is 7. The van der Waals surface area contributed by atoms with Gasteiger partial charge in [-0.2, -0.15) is 0 Å². The van der Waals surface area contributed by atoms with Crippen LogP contribution in [-0.4, -0.2) is 47.0 Å². The predicted octanol–water partition coefficient (Wildman–Crippen LogP) is 0.676. The quantitative estimate of drug-likeness (QED) is 0.401. The van der Waals surface area contributed by atoms with Crippen molar-refractivity contribution < 1.29 is 29.1 Å². The number of halogens is 1. The first-order valence-corrected chi connectivity index (χ1v) is 5.85. The highest BCUT2D eigenvalue weighted by Gasteiger charge is 2.25. The van der Waals surface area contributed by atoms with Crippen molar-refractivity contribution in [3.63, 3.8) is 0 Å². The number of carbonyl (C=O) groups excluding carboxylic acids is 1. The van der Waals surface area contributed by atoms with Gasteiger partial charge in [-0.15, -0.1) is 0 Å². The fourth-order valence-corrected chi connectivity index (χ4v) is 1.46. The normalized spacial score (nSPS) is 13.4. The molecule has 1 aromatic carbocycles. The van der Waals surface area contributed by atoms with Crippen LogP contribution in [0.3, 0.4) is 0 Å². The third kappa shape index (κ3) is 4.10. The number of rotatable bonds is 6. The fourth-order valence-electron chi connectivity index (χ4n) is 1.46. The molecule has 0 fully saturated rings. The monoisotopic (exact) mass is 302 g/mol. The van der Waals surface area contributed by atoms with Gasteiger partial charge in [0.15, 0.2) is 0 Å². The van der Waals surface area contributed by atoms with E-state index in [-0.39, 0.29) is 12.2 Å². The number of benzene rings is 1. The smallest absolute Gasteiger partial charge is 0.340 e. The van der Waals surface area contributed by atoms with Gasteiger partial charge in [-0.1, -0.05) is 0 Å². The number of hydrogen-bond donors (Lipinski definition) is 3. The van der Waals surface area contributed by atoms with Gasteiger partial charge in [-0.25, -0.2) is 9.18 Å². The van der Waals surface area contributed by atoms with E-state index in [0.29, 0.717) is 6.07 Å². The lowest BCUT2D eigenvalue weighted by molar-refractivity contribution is -0.384. The van der Waals surface area contributed by atoms with E-state index in [1.54, 1.807) is 0 Å². The molecule has 0 saturated carbocycles. The van der Waals surface area contributed by atoms with Crippen molar-refractivity contribution in [2.24, 2.45) is 0 Å². The lowest BCUT2D eigenvalue weighted by Crippen LogP contribution is -2.37. The Balaban J connectivity index is 3.20. The fraction of sp³-hybridized carbons (Fsp3) is 0.417. The number of nitro groups is 1. The van der Waals surface area contributed by atoms with Crippen LogP contribution in [0, 0.1) is 15.9 Å². The Bertz CT molecular complexity index is 561. The van der Waals surface area contributed by atoms with E-state index in [9.17, 15) is 24.4 Å². The molecule has 9 heteroatoms. The Morgan fingerprint density at radius 1 is 1.57 bits per heavy atom. The average Bonchev–Trinajstić information content (AvgIpc) is 2.44. The average molecular weight is 302 g/mol. The number of esters is 1. The van der Waals surface area contributed by atoms with E-state index in [1.807, 2.05) is 0 Å². The zero-order valence-electron chi connectivity index (χ0n) is 11.4. The Morgan fingerprint density at radius 3 is 2.67 bits per heavy atom. The van der Waals surface area contributed by atoms with Crippen molar-refractivity contribution in [3.05, 3.63) is 33.6 Å². The number of nitrogens with one attached hydrogen (secondary N) is 1. The molecule has 1 atom stereocenters. The summed E-state index contributed by atoms with van der Waals surface area (Å²) in [5.41, 5.74) is -2.79. The van der Waals surface area contributed by atoms with Crippen LogP contribution in [0.1, 0.15) is 17.3 Å². The van der Waals surface area contributed by atoms with E-state index in [1.165, 1.54) is 6.92 Å². The van der Waals surface area contributed by atoms with Crippen LogP contribution in [-0.2, 0) is 4.74 Å². The molecular formula is C12H15FN2O6. The maximum Gasteiger partial charge on any atom is 0.340 e. The number of aliphatic hydroxyl groups excluding tert-OH is 1. The summed E-state index contributed by atoms with van der Waals surface area (Å²) in [5, 5.41) is 32.0. The van der Waals surface area contributed by atoms with Crippen LogP contribution < -0.4 is 5.32 Å².